The first-order valence-corrected chi connectivity index (χ1v) is 8.33. The number of carbonyl (C=O) groups is 2. The first-order valence-electron chi connectivity index (χ1n) is 8.33. The maximum absolute atomic E-state index is 12.2. The van der Waals surface area contributed by atoms with Gasteiger partial charge in [0.1, 0.15) is 5.94 Å². The number of allylic oxidation sites excluding steroid dienone is 3. The van der Waals surface area contributed by atoms with Crippen LogP contribution in [0.15, 0.2) is 54.1 Å². The molecule has 0 spiro atoms. The monoisotopic (exact) mass is 408 g/mol. The molecule has 153 valence electrons. The molecule has 2 aromatic carbocycles. The average molecular weight is 408 g/mol. The third-order valence-corrected chi connectivity index (χ3v) is 3.86. The molecule has 0 heterocycles. The smallest absolute Gasteiger partial charge is 0.200 e. The molecule has 0 aliphatic carbocycles. The lowest BCUT2D eigenvalue weighted by atomic mass is 10.1. The highest BCUT2D eigenvalue weighted by molar-refractivity contribution is 6.33. The van der Waals surface area contributed by atoms with E-state index in [-0.39, 0.29) is 29.1 Å². The summed E-state index contributed by atoms with van der Waals surface area (Å²) in [4.78, 5) is 35.5. The van der Waals surface area contributed by atoms with Gasteiger partial charge in [-0.2, -0.15) is 0 Å². The molecule has 0 saturated carbocycles. The summed E-state index contributed by atoms with van der Waals surface area (Å²) in [6, 6.07) is 8.82. The average Bonchev–Trinajstić information content (AvgIpc) is 2.73. The number of methoxy groups -OCH3 is 2. The third kappa shape index (κ3) is 5.93. The molecule has 3 radical (unpaired) electrons. The largest absolute Gasteiger partial charge is 0.504 e. The van der Waals surface area contributed by atoms with Crippen LogP contribution in [-0.4, -0.2) is 41.9 Å². The molecule has 8 nitrogen and oxygen atoms in total. The normalized spacial score (nSPS) is 10.3. The zero-order chi connectivity index (χ0) is 21.4. The van der Waals surface area contributed by atoms with Crippen molar-refractivity contribution in [1.82, 2.24) is 6.15 Å². The van der Waals surface area contributed by atoms with Crippen LogP contribution < -0.4 is 15.6 Å². The predicted octanol–water partition coefficient (Wildman–Crippen LogP) is 2.26. The summed E-state index contributed by atoms with van der Waals surface area (Å²) in [5, 5.41) is 19.1. The van der Waals surface area contributed by atoms with Gasteiger partial charge in [0.25, 0.3) is 0 Å². The van der Waals surface area contributed by atoms with Crippen molar-refractivity contribution < 1.29 is 34.1 Å². The van der Waals surface area contributed by atoms with Crippen LogP contribution in [0.4, 0.5) is 0 Å². The molecule has 0 saturated heterocycles. The molecule has 2 rings (SSSR count). The van der Waals surface area contributed by atoms with Crippen molar-refractivity contribution in [3.05, 3.63) is 65.3 Å². The van der Waals surface area contributed by atoms with Crippen molar-refractivity contribution in [3.8, 4) is 23.0 Å². The van der Waals surface area contributed by atoms with Crippen molar-refractivity contribution >= 4 is 29.7 Å². The molecule has 0 atom stereocenters. The van der Waals surface area contributed by atoms with E-state index in [1.807, 2.05) is 0 Å². The number of phenols is 2. The van der Waals surface area contributed by atoms with E-state index in [4.69, 9.17) is 9.47 Å². The third-order valence-electron chi connectivity index (χ3n) is 3.86. The summed E-state index contributed by atoms with van der Waals surface area (Å²) in [6.07, 6.45) is 4.87. The van der Waals surface area contributed by atoms with Crippen LogP contribution in [0.3, 0.4) is 0 Å². The summed E-state index contributed by atoms with van der Waals surface area (Å²) in [7, 11) is 2.77. The quantitative estimate of drug-likeness (QED) is 0.295. The van der Waals surface area contributed by atoms with Crippen molar-refractivity contribution in [2.75, 3.05) is 14.2 Å². The van der Waals surface area contributed by atoms with Crippen molar-refractivity contribution in [3.63, 3.8) is 0 Å². The second-order valence-electron chi connectivity index (χ2n) is 5.73. The zero-order valence-corrected chi connectivity index (χ0v) is 16.2. The van der Waals surface area contributed by atoms with E-state index in [1.54, 1.807) is 0 Å². The molecule has 0 aliphatic rings. The molecule has 0 fully saturated rings. The Morgan fingerprint density at radius 1 is 0.833 bits per heavy atom. The van der Waals surface area contributed by atoms with Crippen LogP contribution in [0.5, 0.6) is 23.0 Å². The maximum Gasteiger partial charge on any atom is 0.200 e. The van der Waals surface area contributed by atoms with Crippen molar-refractivity contribution in [1.29, 1.82) is 0 Å². The number of ketones is 2. The van der Waals surface area contributed by atoms with E-state index in [0.717, 1.165) is 12.2 Å². The van der Waals surface area contributed by atoms with Gasteiger partial charge in [-0.3, -0.25) is 9.59 Å². The summed E-state index contributed by atoms with van der Waals surface area (Å²) < 4.78 is 9.95. The van der Waals surface area contributed by atoms with Gasteiger partial charge in [0.2, 0.25) is 11.6 Å². The lowest BCUT2D eigenvalue weighted by Gasteiger charge is -2.03. The standard InChI is InChI=1S/C22H18O7.N/c1-28-21-11-14(5-9-19(21)26)3-7-17(24)16(13-23)18(25)8-4-15-6-10-20(27)22(12-15)29-2;/h3-12,26-27H,1-2H3;/b7-3+,8-4+;. The summed E-state index contributed by atoms with van der Waals surface area (Å²) in [5.41, 5.74) is 0.392. The van der Waals surface area contributed by atoms with E-state index in [1.165, 1.54) is 68.7 Å². The van der Waals surface area contributed by atoms with Crippen LogP contribution in [-0.2, 0) is 14.4 Å². The van der Waals surface area contributed by atoms with Crippen LogP contribution in [0.1, 0.15) is 11.1 Å². The predicted molar refractivity (Wildman–Crippen MR) is 109 cm³/mol. The lowest BCUT2D eigenvalue weighted by molar-refractivity contribution is -0.116. The Bertz CT molecular complexity index is 970. The molecule has 8 heteroatoms. The number of phenolic OH excluding ortho intramolecular Hbond substituents is 2. The highest BCUT2D eigenvalue weighted by Crippen LogP contribution is 2.27. The Labute approximate surface area is 173 Å². The topological polar surface area (TPSA) is 141 Å². The van der Waals surface area contributed by atoms with E-state index in [2.05, 4.69) is 0 Å². The van der Waals surface area contributed by atoms with Crippen LogP contribution in [0, 0.1) is 0 Å². The fourth-order valence-electron chi connectivity index (χ4n) is 2.33. The highest BCUT2D eigenvalue weighted by Gasteiger charge is 2.15. The Hall–Kier alpha value is -4.13. The molecular formula is C22H18NO7. The van der Waals surface area contributed by atoms with Crippen molar-refractivity contribution in [2.45, 2.75) is 0 Å². The SMILES string of the molecule is COc1cc(/C=C/C(=O)C(=C=O)C(=O)/C=C/c2ccc(O)c(OC)c2)ccc1O.[N]. The van der Waals surface area contributed by atoms with Gasteiger partial charge in [0.05, 0.1) is 14.2 Å². The minimum atomic E-state index is -0.815. The molecule has 2 N–H and O–H groups in total. The van der Waals surface area contributed by atoms with Crippen LogP contribution in [0.2, 0.25) is 0 Å². The molecule has 0 amide bonds. The number of aromatic hydroxyl groups is 2. The summed E-state index contributed by atoms with van der Waals surface area (Å²) in [6.45, 7) is 0. The second kappa shape index (κ2) is 11.0. The number of carbonyl (C=O) groups excluding carboxylic acids is 3. The molecule has 2 aromatic rings. The van der Waals surface area contributed by atoms with E-state index < -0.39 is 17.1 Å². The Morgan fingerprint density at radius 2 is 1.23 bits per heavy atom. The number of hydrogen-bond acceptors (Lipinski definition) is 7. The molecule has 0 aliphatic heterocycles. The van der Waals surface area contributed by atoms with Gasteiger partial charge in [-0.05, 0) is 47.5 Å². The van der Waals surface area contributed by atoms with Gasteiger partial charge < -0.3 is 19.7 Å². The first-order chi connectivity index (χ1) is 13.9. The number of benzene rings is 2. The number of hydrogen-bond donors (Lipinski definition) is 2. The molecular weight excluding hydrogens is 390 g/mol. The summed E-state index contributed by atoms with van der Waals surface area (Å²) in [5.74, 6) is 0.0578. The van der Waals surface area contributed by atoms with Gasteiger partial charge in [0.15, 0.2) is 28.6 Å². The maximum atomic E-state index is 12.2. The molecule has 0 unspecified atom stereocenters. The van der Waals surface area contributed by atoms with Crippen molar-refractivity contribution in [2.24, 2.45) is 0 Å². The highest BCUT2D eigenvalue weighted by atomic mass is 16.5. The van der Waals surface area contributed by atoms with E-state index in [9.17, 15) is 24.6 Å². The zero-order valence-electron chi connectivity index (χ0n) is 16.2. The first kappa shape index (κ1) is 23.9. The minimum Gasteiger partial charge on any atom is -0.504 e. The Kier molecular flexibility index (Phi) is 8.78. The van der Waals surface area contributed by atoms with Crippen LogP contribution >= 0.6 is 0 Å². The molecule has 0 bridgehead atoms. The fraction of sp³-hybridized carbons (Fsp3) is 0.0909. The van der Waals surface area contributed by atoms with Gasteiger partial charge in [-0.25, -0.2) is 4.79 Å². The Morgan fingerprint density at radius 3 is 1.57 bits per heavy atom. The summed E-state index contributed by atoms with van der Waals surface area (Å²) >= 11 is 0. The number of nitrogens with zero attached hydrogens (tertiary/aromatic N) is 1. The Balaban J connectivity index is 0.00000450. The molecule has 30 heavy (non-hydrogen) atoms. The van der Waals surface area contributed by atoms with Gasteiger partial charge in [-0.15, -0.1) is 0 Å². The van der Waals surface area contributed by atoms with Gasteiger partial charge >= 0.3 is 0 Å². The number of rotatable bonds is 8. The second-order valence-corrected chi connectivity index (χ2v) is 5.73. The van der Waals surface area contributed by atoms with Gasteiger partial charge in [0, 0.05) is 6.15 Å². The fourth-order valence-corrected chi connectivity index (χ4v) is 2.33. The minimum absolute atomic E-state index is 0. The van der Waals surface area contributed by atoms with Crippen LogP contribution in [0.25, 0.3) is 12.2 Å². The van der Waals surface area contributed by atoms with E-state index in [0.29, 0.717) is 11.1 Å². The number of ether oxygens (including phenoxy) is 2. The van der Waals surface area contributed by atoms with Gasteiger partial charge in [-0.1, -0.05) is 24.3 Å². The lowest BCUT2D eigenvalue weighted by Crippen LogP contribution is -2.09. The van der Waals surface area contributed by atoms with E-state index >= 15 is 0 Å². The molecule has 0 aromatic heterocycles.